The van der Waals surface area contributed by atoms with Crippen molar-refractivity contribution in [2.24, 2.45) is 4.99 Å². The SMILES string of the molecule is CCCCN1C(=O)C2C(=NC(n3nc(CC)cc3CC)=[N+]2C)N(C)C1=O. The Labute approximate surface area is 153 Å². The molecule has 1 fully saturated rings. The average molecular weight is 359 g/mol. The van der Waals surface area contributed by atoms with Crippen LogP contribution in [0.15, 0.2) is 11.1 Å². The Balaban J connectivity index is 2.04. The monoisotopic (exact) mass is 359 g/mol. The van der Waals surface area contributed by atoms with Gasteiger partial charge in [-0.25, -0.2) is 9.37 Å². The quantitative estimate of drug-likeness (QED) is 0.745. The normalized spacial score (nSPS) is 20.2. The van der Waals surface area contributed by atoms with E-state index in [-0.39, 0.29) is 11.9 Å². The molecule has 0 N–H and O–H groups in total. The number of nitrogens with zero attached hydrogens (tertiary/aromatic N) is 6. The van der Waals surface area contributed by atoms with Crippen LogP contribution in [0.5, 0.6) is 0 Å². The number of aryl methyl sites for hydroxylation is 2. The lowest BCUT2D eigenvalue weighted by atomic mass is 10.1. The van der Waals surface area contributed by atoms with Gasteiger partial charge in [-0.05, 0) is 18.9 Å². The molecule has 0 bridgehead atoms. The Bertz CT molecular complexity index is 807. The number of hydrogen-bond acceptors (Lipinski definition) is 4. The topological polar surface area (TPSA) is 73.8 Å². The summed E-state index contributed by atoms with van der Waals surface area (Å²) in [6.45, 7) is 6.60. The largest absolute Gasteiger partial charge is 0.421 e. The minimum absolute atomic E-state index is 0.210. The fraction of sp³-hybridized carbons (Fsp3) is 0.611. The first-order chi connectivity index (χ1) is 12.4. The molecule has 3 rings (SSSR count). The zero-order valence-corrected chi connectivity index (χ0v) is 16.2. The van der Waals surface area contributed by atoms with E-state index in [0.29, 0.717) is 18.3 Å². The van der Waals surface area contributed by atoms with E-state index in [1.54, 1.807) is 11.7 Å². The zero-order chi connectivity index (χ0) is 19.0. The maximum atomic E-state index is 13.0. The number of urea groups is 1. The summed E-state index contributed by atoms with van der Waals surface area (Å²) in [5.74, 6) is 0.853. The summed E-state index contributed by atoms with van der Waals surface area (Å²) in [5, 5.41) is 4.63. The van der Waals surface area contributed by atoms with Crippen LogP contribution >= 0.6 is 0 Å². The van der Waals surface area contributed by atoms with Gasteiger partial charge >= 0.3 is 12.0 Å². The minimum Gasteiger partial charge on any atom is -0.270 e. The molecule has 1 atom stereocenters. The van der Waals surface area contributed by atoms with E-state index >= 15 is 0 Å². The summed E-state index contributed by atoms with van der Waals surface area (Å²) in [6.07, 6.45) is 3.36. The van der Waals surface area contributed by atoms with E-state index in [1.165, 1.54) is 9.80 Å². The van der Waals surface area contributed by atoms with Crippen molar-refractivity contribution >= 4 is 23.7 Å². The Kier molecular flexibility index (Phi) is 4.93. The van der Waals surface area contributed by atoms with Crippen molar-refractivity contribution in [3.8, 4) is 0 Å². The number of carbonyl (C=O) groups is 2. The van der Waals surface area contributed by atoms with E-state index in [1.807, 2.05) is 18.5 Å². The van der Waals surface area contributed by atoms with Crippen LogP contribution in [0.2, 0.25) is 0 Å². The number of carbonyl (C=O) groups excluding carboxylic acids is 2. The molecule has 26 heavy (non-hydrogen) atoms. The van der Waals surface area contributed by atoms with E-state index < -0.39 is 6.04 Å². The molecule has 1 aromatic heterocycles. The molecule has 140 valence electrons. The molecule has 3 amide bonds. The number of amides is 3. The van der Waals surface area contributed by atoms with Crippen molar-refractivity contribution in [1.82, 2.24) is 19.6 Å². The summed E-state index contributed by atoms with van der Waals surface area (Å²) in [5.41, 5.74) is 2.02. The Morgan fingerprint density at radius 2 is 1.92 bits per heavy atom. The van der Waals surface area contributed by atoms with Crippen LogP contribution in [0.25, 0.3) is 0 Å². The summed E-state index contributed by atoms with van der Waals surface area (Å²) < 4.78 is 3.62. The zero-order valence-electron chi connectivity index (χ0n) is 16.2. The standard InChI is InChI=1S/C18H27N6O2/c1-6-9-10-23-16(25)14-15(22(5)18(23)26)19-17(21(14)4)24-13(8-3)11-12(7-2)20-24/h11,14H,6-10H2,1-5H3/q+1. The predicted octanol–water partition coefficient (Wildman–Crippen LogP) is 1.33. The Morgan fingerprint density at radius 1 is 1.19 bits per heavy atom. The van der Waals surface area contributed by atoms with Gasteiger partial charge in [-0.3, -0.25) is 14.6 Å². The molecule has 3 heterocycles. The number of likely N-dealkylation sites (N-methyl/N-ethyl adjacent to an activating group) is 2. The van der Waals surface area contributed by atoms with Gasteiger partial charge < -0.3 is 0 Å². The van der Waals surface area contributed by atoms with Crippen LogP contribution in [0.1, 0.15) is 45.0 Å². The van der Waals surface area contributed by atoms with Crippen molar-refractivity contribution < 1.29 is 14.2 Å². The third-order valence-corrected chi connectivity index (χ3v) is 5.01. The smallest absolute Gasteiger partial charge is 0.270 e. The van der Waals surface area contributed by atoms with Gasteiger partial charge in [-0.15, -0.1) is 9.78 Å². The summed E-state index contributed by atoms with van der Waals surface area (Å²) >= 11 is 0. The maximum Gasteiger partial charge on any atom is 0.421 e. The van der Waals surface area contributed by atoms with Gasteiger partial charge in [0.2, 0.25) is 11.9 Å². The number of imide groups is 1. The van der Waals surface area contributed by atoms with Gasteiger partial charge in [0, 0.05) is 20.0 Å². The molecule has 0 aliphatic carbocycles. The molecule has 8 nitrogen and oxygen atoms in total. The first-order valence-electron chi connectivity index (χ1n) is 9.30. The highest BCUT2D eigenvalue weighted by molar-refractivity contribution is 6.22. The molecule has 0 spiro atoms. The van der Waals surface area contributed by atoms with E-state index in [2.05, 4.69) is 30.0 Å². The van der Waals surface area contributed by atoms with E-state index in [0.717, 1.165) is 37.1 Å². The third kappa shape index (κ3) is 2.73. The number of hydrogen-bond donors (Lipinski definition) is 0. The molecule has 0 aromatic carbocycles. The molecule has 1 saturated heterocycles. The van der Waals surface area contributed by atoms with E-state index in [9.17, 15) is 9.59 Å². The first-order valence-corrected chi connectivity index (χ1v) is 9.30. The van der Waals surface area contributed by atoms with Crippen LogP contribution < -0.4 is 0 Å². The van der Waals surface area contributed by atoms with Gasteiger partial charge in [0.25, 0.3) is 5.91 Å². The van der Waals surface area contributed by atoms with Crippen molar-refractivity contribution in [1.29, 1.82) is 0 Å². The minimum atomic E-state index is -0.580. The van der Waals surface area contributed by atoms with Gasteiger partial charge in [-0.1, -0.05) is 32.2 Å². The van der Waals surface area contributed by atoms with Crippen LogP contribution in [-0.4, -0.2) is 74.6 Å². The lowest BCUT2D eigenvalue weighted by Gasteiger charge is -2.33. The van der Waals surface area contributed by atoms with Gasteiger partial charge in [-0.2, -0.15) is 0 Å². The number of rotatable bonds is 5. The average Bonchev–Trinajstić information content (AvgIpc) is 3.20. The highest BCUT2D eigenvalue weighted by Gasteiger charge is 2.52. The molecular weight excluding hydrogens is 332 g/mol. The molecule has 1 unspecified atom stereocenters. The Hall–Kier alpha value is -2.51. The lowest BCUT2D eigenvalue weighted by molar-refractivity contribution is -0.507. The third-order valence-electron chi connectivity index (χ3n) is 5.01. The van der Waals surface area contributed by atoms with Crippen molar-refractivity contribution in [2.75, 3.05) is 20.6 Å². The number of amidine groups is 1. The van der Waals surface area contributed by atoms with Crippen LogP contribution in [0.3, 0.4) is 0 Å². The second kappa shape index (κ2) is 7.01. The number of unbranched alkanes of at least 4 members (excludes halogenated alkanes) is 1. The van der Waals surface area contributed by atoms with Crippen molar-refractivity contribution in [3.05, 3.63) is 17.5 Å². The Morgan fingerprint density at radius 3 is 2.54 bits per heavy atom. The first kappa shape index (κ1) is 18.3. The summed E-state index contributed by atoms with van der Waals surface area (Å²) in [7, 11) is 3.51. The number of aromatic nitrogens is 2. The van der Waals surface area contributed by atoms with Crippen LogP contribution in [-0.2, 0) is 17.6 Å². The number of fused-ring (bicyclic) bond motifs is 1. The predicted molar refractivity (Wildman–Crippen MR) is 98.6 cm³/mol. The summed E-state index contributed by atoms with van der Waals surface area (Å²) in [6, 6.07) is 1.18. The second-order valence-electron chi connectivity index (χ2n) is 6.71. The molecule has 2 aliphatic heterocycles. The molecule has 2 aliphatic rings. The highest BCUT2D eigenvalue weighted by Crippen LogP contribution is 2.21. The summed E-state index contributed by atoms with van der Waals surface area (Å²) in [4.78, 5) is 33.1. The fourth-order valence-corrected chi connectivity index (χ4v) is 3.38. The number of aliphatic imine (C=N–C) groups is 1. The molecule has 1 aromatic rings. The van der Waals surface area contributed by atoms with E-state index in [4.69, 9.17) is 0 Å². The van der Waals surface area contributed by atoms with Gasteiger partial charge in [0.15, 0.2) is 0 Å². The maximum absolute atomic E-state index is 13.0. The fourth-order valence-electron chi connectivity index (χ4n) is 3.38. The molecule has 8 heteroatoms. The van der Waals surface area contributed by atoms with Gasteiger partial charge in [0.1, 0.15) is 5.69 Å². The molecule has 0 radical (unpaired) electrons. The highest BCUT2D eigenvalue weighted by atomic mass is 16.2. The van der Waals surface area contributed by atoms with Crippen LogP contribution in [0.4, 0.5) is 4.79 Å². The van der Waals surface area contributed by atoms with Crippen molar-refractivity contribution in [2.45, 2.75) is 52.5 Å². The van der Waals surface area contributed by atoms with Crippen molar-refractivity contribution in [3.63, 3.8) is 0 Å². The lowest BCUT2D eigenvalue weighted by Crippen LogP contribution is -2.62. The van der Waals surface area contributed by atoms with Gasteiger partial charge in [0.05, 0.1) is 12.7 Å². The second-order valence-corrected chi connectivity index (χ2v) is 6.71. The molecular formula is C18H27N6O2+. The van der Waals surface area contributed by atoms with Crippen LogP contribution in [0, 0.1) is 0 Å². The molecule has 0 saturated carbocycles.